The molecule has 3 atom stereocenters. The van der Waals surface area contributed by atoms with Gasteiger partial charge in [0.15, 0.2) is 0 Å². The minimum atomic E-state index is -0.870. The number of H-pyrrole nitrogens is 1. The molecule has 10 heteroatoms. The number of carbonyl (C=O) groups excluding carboxylic acids is 1. The van der Waals surface area contributed by atoms with Gasteiger partial charge in [-0.1, -0.05) is 0 Å². The highest BCUT2D eigenvalue weighted by Gasteiger charge is 2.35. The Balaban J connectivity index is 1.56. The summed E-state index contributed by atoms with van der Waals surface area (Å²) < 4.78 is 12.0. The molecule has 2 heterocycles. The minimum absolute atomic E-state index is 0.0523. The molecule has 1 saturated heterocycles. The summed E-state index contributed by atoms with van der Waals surface area (Å²) in [5.41, 5.74) is -0.135. The smallest absolute Gasteiger partial charge is 0.330 e. The molecule has 1 fully saturated rings. The molecule has 3 rings (SSSR count). The maximum Gasteiger partial charge on any atom is 0.330 e. The zero-order valence-corrected chi connectivity index (χ0v) is 15.5. The molecule has 2 aromatic rings. The summed E-state index contributed by atoms with van der Waals surface area (Å²) >= 11 is 0. The van der Waals surface area contributed by atoms with Crippen molar-refractivity contribution in [3.05, 3.63) is 56.9 Å². The van der Waals surface area contributed by atoms with Crippen LogP contribution in [0.4, 0.5) is 10.5 Å². The summed E-state index contributed by atoms with van der Waals surface area (Å²) in [5.74, 6) is 0.673. The van der Waals surface area contributed by atoms with Crippen LogP contribution in [-0.4, -0.2) is 46.6 Å². The second kappa shape index (κ2) is 8.28. The van der Waals surface area contributed by atoms with E-state index in [4.69, 9.17) is 9.47 Å². The topological polar surface area (TPSA) is 135 Å². The van der Waals surface area contributed by atoms with Gasteiger partial charge in [-0.2, -0.15) is 0 Å². The zero-order chi connectivity index (χ0) is 20.3. The van der Waals surface area contributed by atoms with Crippen LogP contribution in [0.25, 0.3) is 0 Å². The molecule has 2 amide bonds. The van der Waals surface area contributed by atoms with E-state index in [9.17, 15) is 19.5 Å². The van der Waals surface area contributed by atoms with Gasteiger partial charge in [0.05, 0.1) is 13.2 Å². The Morgan fingerprint density at radius 2 is 2.07 bits per heavy atom. The van der Waals surface area contributed by atoms with Gasteiger partial charge in [0.1, 0.15) is 18.1 Å². The number of nitrogens with one attached hydrogen (secondary N) is 3. The molecule has 0 unspecified atom stereocenters. The fraction of sp³-hybridized carbons (Fsp3) is 0.389. The lowest BCUT2D eigenvalue weighted by Gasteiger charge is -2.17. The largest absolute Gasteiger partial charge is 0.497 e. The number of hydrogen-bond acceptors (Lipinski definition) is 6. The third-order valence-electron chi connectivity index (χ3n) is 4.47. The fourth-order valence-corrected chi connectivity index (χ4v) is 2.91. The highest BCUT2D eigenvalue weighted by molar-refractivity contribution is 5.89. The quantitative estimate of drug-likeness (QED) is 0.581. The summed E-state index contributed by atoms with van der Waals surface area (Å²) in [6, 6.07) is 6.36. The summed E-state index contributed by atoms with van der Waals surface area (Å²) in [4.78, 5) is 37.7. The molecular weight excluding hydrogens is 368 g/mol. The van der Waals surface area contributed by atoms with Crippen molar-refractivity contribution < 1.29 is 19.4 Å². The molecule has 0 bridgehead atoms. The summed E-state index contributed by atoms with van der Waals surface area (Å²) in [6.07, 6.45) is -0.728. The fourth-order valence-electron chi connectivity index (χ4n) is 2.91. The van der Waals surface area contributed by atoms with Crippen LogP contribution in [0.5, 0.6) is 5.75 Å². The molecule has 10 nitrogen and oxygen atoms in total. The van der Waals surface area contributed by atoms with Crippen molar-refractivity contribution in [2.24, 2.45) is 0 Å². The number of aliphatic hydroxyl groups is 1. The molecule has 28 heavy (non-hydrogen) atoms. The van der Waals surface area contributed by atoms with E-state index in [1.54, 1.807) is 38.3 Å². The lowest BCUT2D eigenvalue weighted by atomic mass is 10.2. The van der Waals surface area contributed by atoms with Crippen LogP contribution in [0, 0.1) is 6.92 Å². The lowest BCUT2D eigenvalue weighted by Crippen LogP contribution is -2.39. The standard InChI is InChI=1S/C18H22N4O6/c1-10-9-22(18(26)21-16(10)24)15-7-13(23)14(28-15)8-19-17(25)20-11-3-5-12(27-2)6-4-11/h3-6,9,13-15,23H,7-8H2,1-2H3,(H2,19,20,25)(H,21,24,26)/t13-,14+,15+/m0/s1. The first-order valence-corrected chi connectivity index (χ1v) is 8.72. The van der Waals surface area contributed by atoms with E-state index >= 15 is 0 Å². The van der Waals surface area contributed by atoms with Gasteiger partial charge in [-0.25, -0.2) is 9.59 Å². The van der Waals surface area contributed by atoms with E-state index in [2.05, 4.69) is 15.6 Å². The molecule has 150 valence electrons. The number of amides is 2. The summed E-state index contributed by atoms with van der Waals surface area (Å²) in [7, 11) is 1.55. The van der Waals surface area contributed by atoms with E-state index in [0.717, 1.165) is 0 Å². The first kappa shape index (κ1) is 19.6. The molecule has 0 radical (unpaired) electrons. The Morgan fingerprint density at radius 3 is 2.75 bits per heavy atom. The second-order valence-electron chi connectivity index (χ2n) is 6.47. The van der Waals surface area contributed by atoms with Gasteiger partial charge in [0.25, 0.3) is 5.56 Å². The van der Waals surface area contributed by atoms with Crippen molar-refractivity contribution in [3.63, 3.8) is 0 Å². The second-order valence-corrected chi connectivity index (χ2v) is 6.47. The molecule has 4 N–H and O–H groups in total. The molecule has 1 aliphatic rings. The number of aryl methyl sites for hydroxylation is 1. The maximum absolute atomic E-state index is 12.0. The highest BCUT2D eigenvalue weighted by Crippen LogP contribution is 2.27. The van der Waals surface area contributed by atoms with Crippen molar-refractivity contribution in [3.8, 4) is 5.75 Å². The Morgan fingerprint density at radius 1 is 1.36 bits per heavy atom. The molecule has 0 spiro atoms. The van der Waals surface area contributed by atoms with Gasteiger partial charge in [-0.15, -0.1) is 0 Å². The number of anilines is 1. The average Bonchev–Trinajstić information content (AvgIpc) is 3.04. The van der Waals surface area contributed by atoms with E-state index in [-0.39, 0.29) is 13.0 Å². The van der Waals surface area contributed by atoms with Crippen molar-refractivity contribution in [1.29, 1.82) is 0 Å². The zero-order valence-electron chi connectivity index (χ0n) is 15.5. The maximum atomic E-state index is 12.0. The number of urea groups is 1. The lowest BCUT2D eigenvalue weighted by molar-refractivity contribution is -0.0178. The van der Waals surface area contributed by atoms with Gasteiger partial charge >= 0.3 is 11.7 Å². The monoisotopic (exact) mass is 390 g/mol. The number of hydrogen-bond donors (Lipinski definition) is 4. The van der Waals surface area contributed by atoms with Gasteiger partial charge in [-0.05, 0) is 31.2 Å². The first-order chi connectivity index (χ1) is 13.4. The van der Waals surface area contributed by atoms with Crippen LogP contribution >= 0.6 is 0 Å². The normalized spacial score (nSPS) is 21.3. The third-order valence-corrected chi connectivity index (χ3v) is 4.47. The van der Waals surface area contributed by atoms with Crippen LogP contribution in [0.2, 0.25) is 0 Å². The Hall–Kier alpha value is -3.11. The predicted octanol–water partition coefficient (Wildman–Crippen LogP) is 0.324. The van der Waals surface area contributed by atoms with Gasteiger partial charge in [0.2, 0.25) is 0 Å². The number of aromatic amines is 1. The van der Waals surface area contributed by atoms with E-state index in [0.29, 0.717) is 17.0 Å². The SMILES string of the molecule is COc1ccc(NC(=O)NC[C@H]2O[C@@H](n3cc(C)c(=O)[nH]c3=O)C[C@@H]2O)cc1. The van der Waals surface area contributed by atoms with Crippen molar-refractivity contribution in [1.82, 2.24) is 14.9 Å². The van der Waals surface area contributed by atoms with Gasteiger partial charge in [0, 0.05) is 30.4 Å². The highest BCUT2D eigenvalue weighted by atomic mass is 16.5. The average molecular weight is 390 g/mol. The molecule has 1 aromatic heterocycles. The summed E-state index contributed by atoms with van der Waals surface area (Å²) in [5, 5.41) is 15.5. The number of benzene rings is 1. The van der Waals surface area contributed by atoms with Crippen molar-refractivity contribution in [2.45, 2.75) is 31.8 Å². The number of nitrogens with zero attached hydrogens (tertiary/aromatic N) is 1. The number of carbonyl (C=O) groups is 1. The van der Waals surface area contributed by atoms with Gasteiger partial charge in [-0.3, -0.25) is 14.3 Å². The van der Waals surface area contributed by atoms with Crippen molar-refractivity contribution in [2.75, 3.05) is 19.0 Å². The van der Waals surface area contributed by atoms with Crippen LogP contribution in [-0.2, 0) is 4.74 Å². The molecule has 0 aliphatic carbocycles. The van der Waals surface area contributed by atoms with E-state index < -0.39 is 35.7 Å². The molecule has 1 aromatic carbocycles. The van der Waals surface area contributed by atoms with E-state index in [1.165, 1.54) is 10.8 Å². The number of aromatic nitrogens is 2. The molecule has 0 saturated carbocycles. The van der Waals surface area contributed by atoms with Crippen LogP contribution in [0.3, 0.4) is 0 Å². The van der Waals surface area contributed by atoms with E-state index in [1.807, 2.05) is 0 Å². The Kier molecular flexibility index (Phi) is 5.81. The van der Waals surface area contributed by atoms with Crippen LogP contribution in [0.15, 0.2) is 40.1 Å². The Labute approximate surface area is 160 Å². The number of rotatable bonds is 5. The molecular formula is C18H22N4O6. The third kappa shape index (κ3) is 4.41. The summed E-state index contributed by atoms with van der Waals surface area (Å²) in [6.45, 7) is 1.62. The predicted molar refractivity (Wildman–Crippen MR) is 101 cm³/mol. The number of aliphatic hydroxyl groups excluding tert-OH is 1. The van der Waals surface area contributed by atoms with Crippen molar-refractivity contribution >= 4 is 11.7 Å². The van der Waals surface area contributed by atoms with Crippen LogP contribution in [0.1, 0.15) is 18.2 Å². The number of ether oxygens (including phenoxy) is 2. The minimum Gasteiger partial charge on any atom is -0.497 e. The van der Waals surface area contributed by atoms with Crippen LogP contribution < -0.4 is 26.6 Å². The first-order valence-electron chi connectivity index (χ1n) is 8.72. The number of methoxy groups -OCH3 is 1. The van der Waals surface area contributed by atoms with Gasteiger partial charge < -0.3 is 25.2 Å². The Bertz CT molecular complexity index is 952. The molecule has 1 aliphatic heterocycles.